The van der Waals surface area contributed by atoms with Crippen molar-refractivity contribution in [2.24, 2.45) is 0 Å². The Morgan fingerprint density at radius 2 is 2.00 bits per heavy atom. The fourth-order valence-corrected chi connectivity index (χ4v) is 3.96. The second-order valence-corrected chi connectivity index (χ2v) is 8.03. The van der Waals surface area contributed by atoms with Crippen molar-refractivity contribution in [3.05, 3.63) is 66.1 Å². The van der Waals surface area contributed by atoms with E-state index >= 15 is 0 Å². The van der Waals surface area contributed by atoms with Crippen LogP contribution < -0.4 is 10.6 Å². The number of aromatic nitrogens is 6. The normalized spacial score (nSPS) is 13.2. The maximum absolute atomic E-state index is 14.5. The third-order valence-corrected chi connectivity index (χ3v) is 5.63. The van der Waals surface area contributed by atoms with Crippen molar-refractivity contribution in [3.8, 4) is 11.3 Å². The number of alkyl halides is 3. The van der Waals surface area contributed by atoms with Crippen molar-refractivity contribution in [1.29, 1.82) is 0 Å². The fraction of sp³-hybridized carbons (Fsp3) is 0.174. The number of rotatable bonds is 3. The van der Waals surface area contributed by atoms with Crippen LogP contribution in [0.4, 0.5) is 29.2 Å². The molecular formula is C23H18F4N8O2. The van der Waals surface area contributed by atoms with Crippen LogP contribution in [0.2, 0.25) is 0 Å². The van der Waals surface area contributed by atoms with E-state index in [4.69, 9.17) is 9.90 Å². The molecule has 190 valence electrons. The van der Waals surface area contributed by atoms with E-state index in [9.17, 15) is 17.6 Å². The van der Waals surface area contributed by atoms with Gasteiger partial charge in [0.2, 0.25) is 5.95 Å². The van der Waals surface area contributed by atoms with E-state index in [2.05, 4.69) is 41.7 Å². The number of aliphatic carboxylic acids is 1. The van der Waals surface area contributed by atoms with E-state index in [-0.39, 0.29) is 5.69 Å². The first-order valence-corrected chi connectivity index (χ1v) is 10.9. The number of carboxylic acids is 1. The highest BCUT2D eigenvalue weighted by Crippen LogP contribution is 2.29. The van der Waals surface area contributed by atoms with Gasteiger partial charge in [-0.25, -0.2) is 28.7 Å². The Morgan fingerprint density at radius 1 is 1.19 bits per heavy atom. The van der Waals surface area contributed by atoms with Crippen molar-refractivity contribution < 1.29 is 27.5 Å². The standard InChI is InChI=1S/C21H17FN8.C2HF3O2/c22-16-11-25-21(29-19(16)15-10-26-30-7-1-5-24-20(15)30)27-12-2-3-17-13(8-12)14-9-23-6-4-18(14)28-17;3-2(4,5)1(6)7/h1-3,5,7-8,10-11,23,28H,4,6,9H2,(H,25,27,29);(H,6,7). The van der Waals surface area contributed by atoms with Gasteiger partial charge < -0.3 is 20.7 Å². The SMILES string of the molecule is Fc1cnc(Nc2ccc3[nH]c4c(c3c2)CNCC4)nc1-c1cnn2cccnc12.O=C(O)C(F)(F)F. The average molecular weight is 514 g/mol. The lowest BCUT2D eigenvalue weighted by Gasteiger charge is -2.12. The highest BCUT2D eigenvalue weighted by atomic mass is 19.4. The van der Waals surface area contributed by atoms with E-state index in [0.717, 1.165) is 42.3 Å². The highest BCUT2D eigenvalue weighted by Gasteiger charge is 2.38. The minimum atomic E-state index is -5.08. The first kappa shape index (κ1) is 24.1. The molecule has 0 amide bonds. The summed E-state index contributed by atoms with van der Waals surface area (Å²) in [7, 11) is 0. The number of anilines is 2. The highest BCUT2D eigenvalue weighted by molar-refractivity contribution is 5.88. The lowest BCUT2D eigenvalue weighted by atomic mass is 10.1. The molecule has 4 aromatic heterocycles. The molecule has 10 nitrogen and oxygen atoms in total. The zero-order valence-electron chi connectivity index (χ0n) is 18.8. The van der Waals surface area contributed by atoms with E-state index in [1.165, 1.54) is 11.3 Å². The Kier molecular flexibility index (Phi) is 6.17. The number of aromatic amines is 1. The van der Waals surface area contributed by atoms with Crippen LogP contribution >= 0.6 is 0 Å². The average Bonchev–Trinajstić information content (AvgIpc) is 3.46. The summed E-state index contributed by atoms with van der Waals surface area (Å²) < 4.78 is 47.8. The third kappa shape index (κ3) is 4.91. The van der Waals surface area contributed by atoms with E-state index in [0.29, 0.717) is 17.2 Å². The molecular weight excluding hydrogens is 496 g/mol. The molecule has 0 radical (unpaired) electrons. The van der Waals surface area contributed by atoms with Gasteiger partial charge in [-0.15, -0.1) is 0 Å². The van der Waals surface area contributed by atoms with Crippen LogP contribution in [-0.2, 0) is 17.8 Å². The molecule has 0 atom stereocenters. The molecule has 0 bridgehead atoms. The van der Waals surface area contributed by atoms with Gasteiger partial charge in [0, 0.05) is 54.2 Å². The Hall–Kier alpha value is -4.59. The smallest absolute Gasteiger partial charge is 0.475 e. The summed E-state index contributed by atoms with van der Waals surface area (Å²) in [5.74, 6) is -2.97. The monoisotopic (exact) mass is 514 g/mol. The number of carbonyl (C=O) groups is 1. The molecule has 0 saturated carbocycles. The number of benzene rings is 1. The van der Waals surface area contributed by atoms with E-state index in [1.807, 2.05) is 12.1 Å². The molecule has 0 spiro atoms. The topological polar surface area (TPSA) is 133 Å². The predicted molar refractivity (Wildman–Crippen MR) is 125 cm³/mol. The number of halogens is 4. The Balaban J connectivity index is 0.000000355. The van der Waals surface area contributed by atoms with Gasteiger partial charge >= 0.3 is 12.1 Å². The molecule has 0 saturated heterocycles. The van der Waals surface area contributed by atoms with Gasteiger partial charge in [-0.1, -0.05) is 0 Å². The minimum Gasteiger partial charge on any atom is -0.475 e. The number of nitrogens with zero attached hydrogens (tertiary/aromatic N) is 5. The lowest BCUT2D eigenvalue weighted by molar-refractivity contribution is -0.192. The number of hydrogen-bond acceptors (Lipinski definition) is 7. The summed E-state index contributed by atoms with van der Waals surface area (Å²) in [6, 6.07) is 7.83. The molecule has 0 unspecified atom stereocenters. The van der Waals surface area contributed by atoms with Crippen LogP contribution in [0.1, 0.15) is 11.3 Å². The number of carboxylic acid groups (broad SMARTS) is 1. The summed E-state index contributed by atoms with van der Waals surface area (Å²) in [5, 5.41) is 19.1. The largest absolute Gasteiger partial charge is 0.490 e. The molecule has 5 heterocycles. The molecule has 1 aliphatic heterocycles. The molecule has 0 aliphatic carbocycles. The second kappa shape index (κ2) is 9.46. The fourth-order valence-electron chi connectivity index (χ4n) is 3.96. The molecule has 4 N–H and O–H groups in total. The van der Waals surface area contributed by atoms with Crippen LogP contribution in [0.5, 0.6) is 0 Å². The summed E-state index contributed by atoms with van der Waals surface area (Å²) >= 11 is 0. The third-order valence-electron chi connectivity index (χ3n) is 5.63. The maximum Gasteiger partial charge on any atom is 0.490 e. The van der Waals surface area contributed by atoms with Crippen molar-refractivity contribution >= 4 is 34.2 Å². The Labute approximate surface area is 205 Å². The summed E-state index contributed by atoms with van der Waals surface area (Å²) in [6.07, 6.45) is 2.03. The van der Waals surface area contributed by atoms with Gasteiger partial charge in [0.25, 0.3) is 0 Å². The van der Waals surface area contributed by atoms with Gasteiger partial charge in [0.15, 0.2) is 11.5 Å². The quantitative estimate of drug-likeness (QED) is 0.267. The van der Waals surface area contributed by atoms with E-state index < -0.39 is 18.0 Å². The first-order chi connectivity index (χ1) is 17.7. The number of nitrogens with one attached hydrogen (secondary N) is 3. The molecule has 1 aliphatic rings. The van der Waals surface area contributed by atoms with Gasteiger partial charge in [-0.3, -0.25) is 0 Å². The molecule has 6 rings (SSSR count). The molecule has 37 heavy (non-hydrogen) atoms. The van der Waals surface area contributed by atoms with Crippen LogP contribution in [0, 0.1) is 5.82 Å². The van der Waals surface area contributed by atoms with Crippen molar-refractivity contribution in [1.82, 2.24) is 34.9 Å². The van der Waals surface area contributed by atoms with Gasteiger partial charge in [0.05, 0.1) is 18.0 Å². The molecule has 1 aromatic carbocycles. The number of hydrogen-bond donors (Lipinski definition) is 4. The Morgan fingerprint density at radius 3 is 2.78 bits per heavy atom. The minimum absolute atomic E-state index is 0.158. The molecule has 5 aromatic rings. The number of H-pyrrole nitrogens is 1. The van der Waals surface area contributed by atoms with Crippen LogP contribution in [-0.4, -0.2) is 53.3 Å². The summed E-state index contributed by atoms with van der Waals surface area (Å²) in [6.45, 7) is 1.83. The summed E-state index contributed by atoms with van der Waals surface area (Å²) in [5.41, 5.74) is 5.72. The zero-order valence-corrected chi connectivity index (χ0v) is 18.8. The molecule has 14 heteroatoms. The lowest BCUT2D eigenvalue weighted by Crippen LogP contribution is -2.22. The van der Waals surface area contributed by atoms with Gasteiger partial charge in [-0.2, -0.15) is 18.3 Å². The van der Waals surface area contributed by atoms with Crippen molar-refractivity contribution in [2.75, 3.05) is 11.9 Å². The van der Waals surface area contributed by atoms with Crippen LogP contribution in [0.3, 0.4) is 0 Å². The van der Waals surface area contributed by atoms with Crippen LogP contribution in [0.15, 0.2) is 49.1 Å². The second-order valence-electron chi connectivity index (χ2n) is 8.03. The zero-order chi connectivity index (χ0) is 26.2. The van der Waals surface area contributed by atoms with Crippen molar-refractivity contribution in [3.63, 3.8) is 0 Å². The van der Waals surface area contributed by atoms with Crippen LogP contribution in [0.25, 0.3) is 27.8 Å². The molecule has 0 fully saturated rings. The summed E-state index contributed by atoms with van der Waals surface area (Å²) in [4.78, 5) is 25.2. The first-order valence-electron chi connectivity index (χ1n) is 10.9. The number of fused-ring (bicyclic) bond motifs is 4. The van der Waals surface area contributed by atoms with Gasteiger partial charge in [0.1, 0.15) is 5.69 Å². The Bertz CT molecular complexity index is 1610. The maximum atomic E-state index is 14.5. The van der Waals surface area contributed by atoms with Gasteiger partial charge in [-0.05, 0) is 29.8 Å². The van der Waals surface area contributed by atoms with E-state index in [1.54, 1.807) is 29.2 Å². The predicted octanol–water partition coefficient (Wildman–Crippen LogP) is 3.83. The van der Waals surface area contributed by atoms with Crippen molar-refractivity contribution in [2.45, 2.75) is 19.1 Å².